The topological polar surface area (TPSA) is 29.6 Å². The maximum Gasteiger partial charge on any atom is 0.181 e. The third-order valence-electron chi connectivity index (χ3n) is 4.98. The van der Waals surface area contributed by atoms with E-state index in [1.807, 2.05) is 0 Å². The molecule has 1 unspecified atom stereocenters. The monoisotopic (exact) mass is 246 g/mol. The Labute approximate surface area is 109 Å². The lowest BCUT2D eigenvalue weighted by molar-refractivity contribution is -0.112. The van der Waals surface area contributed by atoms with E-state index in [1.54, 1.807) is 6.08 Å². The first-order valence-electron chi connectivity index (χ1n) is 6.98. The van der Waals surface area contributed by atoms with Gasteiger partial charge in [-0.1, -0.05) is 25.5 Å². The predicted octanol–water partition coefficient (Wildman–Crippen LogP) is 3.43. The molecule has 0 saturated carbocycles. The molecule has 2 heteroatoms. The zero-order valence-corrected chi connectivity index (χ0v) is 11.7. The Morgan fingerprint density at radius 3 is 2.67 bits per heavy atom. The molecule has 18 heavy (non-hydrogen) atoms. The molecule has 1 aliphatic heterocycles. The third kappa shape index (κ3) is 1.70. The molecule has 3 rings (SSSR count). The summed E-state index contributed by atoms with van der Waals surface area (Å²) in [6.07, 6.45) is 7.46. The number of hydrogen-bond donors (Lipinski definition) is 0. The van der Waals surface area contributed by atoms with Gasteiger partial charge in [0.1, 0.15) is 0 Å². The number of allylic oxidation sites excluding steroid dienone is 4. The fraction of sp³-hybridized carbons (Fsp3) is 0.688. The highest BCUT2D eigenvalue weighted by molar-refractivity contribution is 6.06. The summed E-state index contributed by atoms with van der Waals surface area (Å²) in [5.41, 5.74) is 2.54. The average molecular weight is 246 g/mol. The van der Waals surface area contributed by atoms with Crippen molar-refractivity contribution >= 4 is 5.78 Å². The van der Waals surface area contributed by atoms with Gasteiger partial charge in [0.15, 0.2) is 5.78 Å². The summed E-state index contributed by atoms with van der Waals surface area (Å²) < 4.78 is 5.73. The standard InChI is InChI=1S/C16H22O2/c1-10-5-6-11-14(10)12(17)7-8-16(11,4)9-13-15(2,3)18-13/h7-8,10,13H,5-6,9H2,1-4H3/t10-,13?,16+/m1/s1. The van der Waals surface area contributed by atoms with Crippen molar-refractivity contribution < 1.29 is 9.53 Å². The van der Waals surface area contributed by atoms with Gasteiger partial charge in [0.05, 0.1) is 11.7 Å². The maximum atomic E-state index is 12.0. The summed E-state index contributed by atoms with van der Waals surface area (Å²) in [5, 5.41) is 0. The van der Waals surface area contributed by atoms with E-state index >= 15 is 0 Å². The lowest BCUT2D eigenvalue weighted by atomic mass is 9.71. The molecular formula is C16H22O2. The molecule has 0 aromatic rings. The second-order valence-corrected chi connectivity index (χ2v) is 6.86. The Morgan fingerprint density at radius 2 is 2.06 bits per heavy atom. The minimum Gasteiger partial charge on any atom is -0.367 e. The van der Waals surface area contributed by atoms with E-state index in [0.717, 1.165) is 24.8 Å². The quantitative estimate of drug-likeness (QED) is 0.699. The SMILES string of the molecule is C[C@@H]1CCC2=C1C(=O)C=C[C@@]2(C)CC1OC1(C)C. The van der Waals surface area contributed by atoms with E-state index in [0.29, 0.717) is 12.0 Å². The van der Waals surface area contributed by atoms with E-state index in [1.165, 1.54) is 5.57 Å². The van der Waals surface area contributed by atoms with Gasteiger partial charge in [-0.05, 0) is 45.1 Å². The summed E-state index contributed by atoms with van der Waals surface area (Å²) in [6, 6.07) is 0. The van der Waals surface area contributed by atoms with Crippen molar-refractivity contribution in [2.75, 3.05) is 0 Å². The molecule has 2 aliphatic carbocycles. The Morgan fingerprint density at radius 1 is 1.39 bits per heavy atom. The fourth-order valence-electron chi connectivity index (χ4n) is 3.57. The van der Waals surface area contributed by atoms with Crippen LogP contribution in [0.1, 0.15) is 47.0 Å². The van der Waals surface area contributed by atoms with Crippen LogP contribution in [0.2, 0.25) is 0 Å². The van der Waals surface area contributed by atoms with Gasteiger partial charge in [0.2, 0.25) is 0 Å². The molecule has 0 bridgehead atoms. The molecule has 3 aliphatic rings. The molecule has 0 aromatic carbocycles. The highest BCUT2D eigenvalue weighted by atomic mass is 16.6. The van der Waals surface area contributed by atoms with Crippen molar-refractivity contribution in [2.45, 2.75) is 58.7 Å². The van der Waals surface area contributed by atoms with Crippen LogP contribution in [0.25, 0.3) is 0 Å². The lowest BCUT2D eigenvalue weighted by Gasteiger charge is -2.31. The molecule has 1 saturated heterocycles. The summed E-state index contributed by atoms with van der Waals surface area (Å²) in [6.45, 7) is 8.73. The van der Waals surface area contributed by atoms with E-state index in [9.17, 15) is 4.79 Å². The molecule has 0 spiro atoms. The first-order chi connectivity index (χ1) is 8.33. The second-order valence-electron chi connectivity index (χ2n) is 6.86. The van der Waals surface area contributed by atoms with Gasteiger partial charge in [-0.15, -0.1) is 0 Å². The van der Waals surface area contributed by atoms with Gasteiger partial charge >= 0.3 is 0 Å². The number of hydrogen-bond acceptors (Lipinski definition) is 2. The zero-order valence-electron chi connectivity index (χ0n) is 11.7. The number of carbonyl (C=O) groups excluding carboxylic acids is 1. The molecule has 0 N–H and O–H groups in total. The van der Waals surface area contributed by atoms with Crippen molar-refractivity contribution in [2.24, 2.45) is 11.3 Å². The van der Waals surface area contributed by atoms with Crippen molar-refractivity contribution in [3.8, 4) is 0 Å². The summed E-state index contributed by atoms with van der Waals surface area (Å²) in [5.74, 6) is 0.674. The fourth-order valence-corrected chi connectivity index (χ4v) is 3.57. The molecule has 1 fully saturated rings. The van der Waals surface area contributed by atoms with Crippen molar-refractivity contribution in [1.29, 1.82) is 0 Å². The van der Waals surface area contributed by atoms with E-state index in [4.69, 9.17) is 4.74 Å². The Balaban J connectivity index is 1.90. The number of carbonyl (C=O) groups is 1. The van der Waals surface area contributed by atoms with Crippen molar-refractivity contribution in [1.82, 2.24) is 0 Å². The van der Waals surface area contributed by atoms with E-state index in [2.05, 4.69) is 33.8 Å². The van der Waals surface area contributed by atoms with E-state index < -0.39 is 0 Å². The number of ketones is 1. The van der Waals surface area contributed by atoms with Gasteiger partial charge < -0.3 is 4.74 Å². The molecule has 0 aromatic heterocycles. The van der Waals surface area contributed by atoms with Crippen molar-refractivity contribution in [3.05, 3.63) is 23.3 Å². The third-order valence-corrected chi connectivity index (χ3v) is 4.98. The summed E-state index contributed by atoms with van der Waals surface area (Å²) in [7, 11) is 0. The van der Waals surface area contributed by atoms with E-state index in [-0.39, 0.29) is 16.8 Å². The molecule has 1 heterocycles. The Bertz CT molecular complexity index is 469. The van der Waals surface area contributed by atoms with Crippen LogP contribution in [-0.2, 0) is 9.53 Å². The van der Waals surface area contributed by atoms with Crippen LogP contribution in [0.5, 0.6) is 0 Å². The number of ether oxygens (including phenoxy) is 1. The van der Waals surface area contributed by atoms with Crippen LogP contribution in [0.3, 0.4) is 0 Å². The lowest BCUT2D eigenvalue weighted by Crippen LogP contribution is -2.26. The molecular weight excluding hydrogens is 224 g/mol. The van der Waals surface area contributed by atoms with Crippen LogP contribution in [0.15, 0.2) is 23.3 Å². The molecule has 2 nitrogen and oxygen atoms in total. The Hall–Kier alpha value is -0.890. The summed E-state index contributed by atoms with van der Waals surface area (Å²) in [4.78, 5) is 12.0. The van der Waals surface area contributed by atoms with Crippen LogP contribution in [0, 0.1) is 11.3 Å². The maximum absolute atomic E-state index is 12.0. The minimum absolute atomic E-state index is 0.0310. The smallest absolute Gasteiger partial charge is 0.181 e. The largest absolute Gasteiger partial charge is 0.367 e. The molecule has 98 valence electrons. The number of rotatable bonds is 2. The van der Waals surface area contributed by atoms with Gasteiger partial charge in [-0.25, -0.2) is 0 Å². The number of epoxide rings is 1. The molecule has 0 radical (unpaired) electrons. The van der Waals surface area contributed by atoms with Gasteiger partial charge in [-0.3, -0.25) is 4.79 Å². The van der Waals surface area contributed by atoms with Crippen LogP contribution in [0.4, 0.5) is 0 Å². The average Bonchev–Trinajstić information content (AvgIpc) is 2.71. The molecule has 0 amide bonds. The highest BCUT2D eigenvalue weighted by Crippen LogP contribution is 2.52. The Kier molecular flexibility index (Phi) is 2.41. The van der Waals surface area contributed by atoms with Crippen molar-refractivity contribution in [3.63, 3.8) is 0 Å². The zero-order chi connectivity index (χ0) is 13.1. The highest BCUT2D eigenvalue weighted by Gasteiger charge is 2.52. The van der Waals surface area contributed by atoms with Gasteiger partial charge in [0, 0.05) is 11.0 Å². The summed E-state index contributed by atoms with van der Waals surface area (Å²) >= 11 is 0. The first kappa shape index (κ1) is 12.2. The van der Waals surface area contributed by atoms with Crippen LogP contribution < -0.4 is 0 Å². The minimum atomic E-state index is 0.0310. The van der Waals surface area contributed by atoms with Gasteiger partial charge in [0.25, 0.3) is 0 Å². The predicted molar refractivity (Wildman–Crippen MR) is 71.2 cm³/mol. The first-order valence-corrected chi connectivity index (χ1v) is 6.98. The second kappa shape index (κ2) is 3.57. The molecule has 3 atom stereocenters. The van der Waals surface area contributed by atoms with Crippen LogP contribution >= 0.6 is 0 Å². The van der Waals surface area contributed by atoms with Gasteiger partial charge in [-0.2, -0.15) is 0 Å². The normalized spacial score (nSPS) is 41.2. The van der Waals surface area contributed by atoms with Crippen LogP contribution in [-0.4, -0.2) is 17.5 Å².